The Bertz CT molecular complexity index is 333. The molecule has 0 atom stereocenters. The summed E-state index contributed by atoms with van der Waals surface area (Å²) in [6.45, 7) is 0. The first-order valence-electron chi connectivity index (χ1n) is 4.87. The quantitative estimate of drug-likeness (QED) is 0.542. The number of carbonyl (C=O) groups excluding carboxylic acids is 2. The summed E-state index contributed by atoms with van der Waals surface area (Å²) in [5.41, 5.74) is 0. The molecule has 0 amide bonds. The summed E-state index contributed by atoms with van der Waals surface area (Å²) in [7, 11) is 0. The number of carbonyl (C=O) groups is 2. The third kappa shape index (κ3) is 1.76. The van der Waals surface area contributed by atoms with Gasteiger partial charge in [-0.15, -0.1) is 0 Å². The Morgan fingerprint density at radius 1 is 1.43 bits per heavy atom. The van der Waals surface area contributed by atoms with Gasteiger partial charge < -0.3 is 4.42 Å². The molecule has 14 heavy (non-hydrogen) atoms. The van der Waals surface area contributed by atoms with Crippen molar-refractivity contribution in [2.75, 3.05) is 0 Å². The smallest absolute Gasteiger partial charge is 0.205 e. The van der Waals surface area contributed by atoms with E-state index in [1.165, 1.54) is 6.26 Å². The summed E-state index contributed by atoms with van der Waals surface area (Å²) in [5, 5.41) is 0. The first kappa shape index (κ1) is 9.19. The van der Waals surface area contributed by atoms with Gasteiger partial charge in [0.2, 0.25) is 5.78 Å². The molecule has 1 saturated carbocycles. The van der Waals surface area contributed by atoms with Crippen LogP contribution in [0.1, 0.15) is 36.2 Å². The normalized spacial score (nSPS) is 16.3. The zero-order valence-corrected chi connectivity index (χ0v) is 7.86. The van der Waals surface area contributed by atoms with Crippen molar-refractivity contribution >= 4 is 11.6 Å². The van der Waals surface area contributed by atoms with Crippen LogP contribution in [-0.4, -0.2) is 11.6 Å². The third-order valence-electron chi connectivity index (χ3n) is 2.69. The number of rotatable bonds is 4. The fourth-order valence-corrected chi connectivity index (χ4v) is 1.56. The van der Waals surface area contributed by atoms with E-state index < -0.39 is 0 Å². The van der Waals surface area contributed by atoms with Crippen molar-refractivity contribution in [1.82, 2.24) is 0 Å². The van der Waals surface area contributed by atoms with Crippen molar-refractivity contribution < 1.29 is 14.0 Å². The van der Waals surface area contributed by atoms with Crippen LogP contribution in [0.4, 0.5) is 0 Å². The summed E-state index contributed by atoms with van der Waals surface area (Å²) < 4.78 is 4.93. The van der Waals surface area contributed by atoms with E-state index in [0.29, 0.717) is 0 Å². The van der Waals surface area contributed by atoms with Crippen LogP contribution in [0.2, 0.25) is 0 Å². The lowest BCUT2D eigenvalue weighted by molar-refractivity contribution is -0.124. The van der Waals surface area contributed by atoms with Crippen LogP contribution in [0, 0.1) is 5.92 Å². The van der Waals surface area contributed by atoms with Crippen molar-refractivity contribution in [3.8, 4) is 0 Å². The Morgan fingerprint density at radius 3 is 2.71 bits per heavy atom. The lowest BCUT2D eigenvalue weighted by Gasteiger charge is -2.23. The molecule has 0 radical (unpaired) electrons. The topological polar surface area (TPSA) is 47.3 Å². The van der Waals surface area contributed by atoms with Gasteiger partial charge in [-0.1, -0.05) is 6.42 Å². The standard InChI is InChI=1S/C11H12O3/c12-9(8-3-1-4-8)7-10(13)11-5-2-6-14-11/h2,5-6,8H,1,3-4,7H2. The number of hydrogen-bond donors (Lipinski definition) is 0. The van der Waals surface area contributed by atoms with Gasteiger partial charge in [0, 0.05) is 5.92 Å². The summed E-state index contributed by atoms with van der Waals surface area (Å²) in [4.78, 5) is 22.9. The Kier molecular flexibility index (Phi) is 2.48. The number of hydrogen-bond acceptors (Lipinski definition) is 3. The average molecular weight is 192 g/mol. The van der Waals surface area contributed by atoms with Gasteiger partial charge in [-0.25, -0.2) is 0 Å². The SMILES string of the molecule is O=C(CC(=O)C1CCC1)c1ccco1. The Morgan fingerprint density at radius 2 is 2.21 bits per heavy atom. The number of ketones is 2. The second-order valence-corrected chi connectivity index (χ2v) is 3.67. The van der Waals surface area contributed by atoms with Crippen LogP contribution >= 0.6 is 0 Å². The molecule has 0 saturated heterocycles. The Labute approximate surface area is 82.1 Å². The highest BCUT2D eigenvalue weighted by Crippen LogP contribution is 2.28. The van der Waals surface area contributed by atoms with Gasteiger partial charge in [0.15, 0.2) is 5.76 Å². The largest absolute Gasteiger partial charge is 0.461 e. The van der Waals surface area contributed by atoms with E-state index in [0.717, 1.165) is 19.3 Å². The van der Waals surface area contributed by atoms with Crippen molar-refractivity contribution in [2.45, 2.75) is 25.7 Å². The molecule has 1 aromatic heterocycles. The van der Waals surface area contributed by atoms with E-state index in [-0.39, 0.29) is 29.7 Å². The molecule has 0 unspecified atom stereocenters. The number of Topliss-reactive ketones (excluding diaryl/α,β-unsaturated/α-hetero) is 2. The maximum absolute atomic E-state index is 11.5. The first-order chi connectivity index (χ1) is 6.77. The van der Waals surface area contributed by atoms with Gasteiger partial charge in [0.1, 0.15) is 5.78 Å². The lowest BCUT2D eigenvalue weighted by Crippen LogP contribution is -2.24. The zero-order valence-electron chi connectivity index (χ0n) is 7.86. The molecule has 2 rings (SSSR count). The van der Waals surface area contributed by atoms with Crippen LogP contribution in [0.3, 0.4) is 0 Å². The monoisotopic (exact) mass is 192 g/mol. The van der Waals surface area contributed by atoms with Gasteiger partial charge in [-0.05, 0) is 25.0 Å². The highest BCUT2D eigenvalue weighted by atomic mass is 16.3. The first-order valence-corrected chi connectivity index (χ1v) is 4.87. The maximum Gasteiger partial charge on any atom is 0.205 e. The van der Waals surface area contributed by atoms with E-state index in [1.54, 1.807) is 12.1 Å². The fraction of sp³-hybridized carbons (Fsp3) is 0.455. The van der Waals surface area contributed by atoms with Crippen molar-refractivity contribution in [3.63, 3.8) is 0 Å². The molecule has 0 aromatic carbocycles. The molecule has 3 nitrogen and oxygen atoms in total. The average Bonchev–Trinajstić information content (AvgIpc) is 2.51. The molecule has 1 aliphatic rings. The molecule has 1 fully saturated rings. The summed E-state index contributed by atoms with van der Waals surface area (Å²) in [6.07, 6.45) is 4.46. The van der Waals surface area contributed by atoms with Gasteiger partial charge in [-0.3, -0.25) is 9.59 Å². The minimum atomic E-state index is -0.202. The second kappa shape index (κ2) is 3.78. The third-order valence-corrected chi connectivity index (χ3v) is 2.69. The summed E-state index contributed by atoms with van der Waals surface area (Å²) in [5.74, 6) is 0.288. The van der Waals surface area contributed by atoms with E-state index in [2.05, 4.69) is 0 Å². The molecule has 0 spiro atoms. The van der Waals surface area contributed by atoms with Gasteiger partial charge in [0.05, 0.1) is 12.7 Å². The van der Waals surface area contributed by atoms with Crippen molar-refractivity contribution in [1.29, 1.82) is 0 Å². The van der Waals surface area contributed by atoms with Crippen molar-refractivity contribution in [3.05, 3.63) is 24.2 Å². The Hall–Kier alpha value is -1.38. The predicted molar refractivity (Wildman–Crippen MR) is 50.0 cm³/mol. The molecular formula is C11H12O3. The molecule has 0 aliphatic heterocycles. The van der Waals surface area contributed by atoms with Gasteiger partial charge in [0.25, 0.3) is 0 Å². The van der Waals surface area contributed by atoms with E-state index in [9.17, 15) is 9.59 Å². The molecule has 0 N–H and O–H groups in total. The van der Waals surface area contributed by atoms with Crippen LogP contribution in [0.5, 0.6) is 0 Å². The predicted octanol–water partition coefficient (Wildman–Crippen LogP) is 2.22. The molecule has 74 valence electrons. The van der Waals surface area contributed by atoms with Crippen LogP contribution in [0.25, 0.3) is 0 Å². The van der Waals surface area contributed by atoms with E-state index >= 15 is 0 Å². The summed E-state index contributed by atoms with van der Waals surface area (Å²) in [6, 6.07) is 3.25. The maximum atomic E-state index is 11.5. The zero-order chi connectivity index (χ0) is 9.97. The number of furan rings is 1. The molecule has 1 aromatic rings. The summed E-state index contributed by atoms with van der Waals surface area (Å²) >= 11 is 0. The van der Waals surface area contributed by atoms with Crippen LogP contribution in [-0.2, 0) is 4.79 Å². The minimum Gasteiger partial charge on any atom is -0.461 e. The Balaban J connectivity index is 1.91. The van der Waals surface area contributed by atoms with Crippen LogP contribution in [0.15, 0.2) is 22.8 Å². The molecular weight excluding hydrogens is 180 g/mol. The highest BCUT2D eigenvalue weighted by Gasteiger charge is 2.27. The van der Waals surface area contributed by atoms with Gasteiger partial charge in [-0.2, -0.15) is 0 Å². The van der Waals surface area contributed by atoms with E-state index in [1.807, 2.05) is 0 Å². The molecule has 1 aliphatic carbocycles. The molecule has 3 heteroatoms. The minimum absolute atomic E-state index is 0.00181. The van der Waals surface area contributed by atoms with Crippen LogP contribution < -0.4 is 0 Å². The van der Waals surface area contributed by atoms with Gasteiger partial charge >= 0.3 is 0 Å². The molecule has 0 bridgehead atoms. The van der Waals surface area contributed by atoms with E-state index in [4.69, 9.17) is 4.42 Å². The molecule has 1 heterocycles. The lowest BCUT2D eigenvalue weighted by atomic mass is 9.80. The second-order valence-electron chi connectivity index (χ2n) is 3.67. The highest BCUT2D eigenvalue weighted by molar-refractivity contribution is 6.07. The fourth-order valence-electron chi connectivity index (χ4n) is 1.56. The van der Waals surface area contributed by atoms with Crippen molar-refractivity contribution in [2.24, 2.45) is 5.92 Å².